The number of rotatable bonds is 6. The molecule has 6 nitrogen and oxygen atoms in total. The monoisotopic (exact) mass is 254 g/mol. The summed E-state index contributed by atoms with van der Waals surface area (Å²) in [7, 11) is 0. The van der Waals surface area contributed by atoms with Crippen LogP contribution in [0.1, 0.15) is 13.8 Å². The lowest BCUT2D eigenvalue weighted by Crippen LogP contribution is -2.18. The third-order valence-electron chi connectivity index (χ3n) is 2.07. The average molecular weight is 254 g/mol. The highest BCUT2D eigenvalue weighted by Crippen LogP contribution is 2.28. The molecule has 0 aliphatic rings. The Hall–Kier alpha value is -1.79. The number of anilines is 2. The Morgan fingerprint density at radius 2 is 2.17 bits per heavy atom. The number of nitrogens with one attached hydrogen (secondary N) is 2. The Labute approximate surface area is 106 Å². The number of amides is 1. The number of benzene rings is 1. The van der Waals surface area contributed by atoms with Gasteiger partial charge in [-0.1, -0.05) is 0 Å². The molecule has 1 rings (SSSR count). The van der Waals surface area contributed by atoms with Gasteiger partial charge in [0.2, 0.25) is 5.91 Å². The molecular formula is C12H18N2O4. The number of aliphatic hydroxyl groups excluding tert-OH is 1. The van der Waals surface area contributed by atoms with Crippen LogP contribution < -0.4 is 15.4 Å². The van der Waals surface area contributed by atoms with Crippen LogP contribution in [0.5, 0.6) is 5.75 Å². The summed E-state index contributed by atoms with van der Waals surface area (Å²) in [5, 5.41) is 23.1. The molecule has 0 aromatic heterocycles. The van der Waals surface area contributed by atoms with Gasteiger partial charge in [0.05, 0.1) is 18.8 Å². The third-order valence-corrected chi connectivity index (χ3v) is 2.07. The molecule has 0 saturated heterocycles. The summed E-state index contributed by atoms with van der Waals surface area (Å²) in [5.74, 6) is 0.416. The lowest BCUT2D eigenvalue weighted by atomic mass is 10.2. The van der Waals surface area contributed by atoms with Crippen LogP contribution in [0.2, 0.25) is 0 Å². The first kappa shape index (κ1) is 14.3. The molecule has 0 spiro atoms. The largest absolute Gasteiger partial charge is 0.492 e. The molecule has 18 heavy (non-hydrogen) atoms. The molecule has 1 aromatic rings. The molecule has 0 heterocycles. The van der Waals surface area contributed by atoms with Crippen molar-refractivity contribution in [3.8, 4) is 5.75 Å². The summed E-state index contributed by atoms with van der Waals surface area (Å²) in [5.41, 5.74) is 1.21. The molecule has 6 heteroatoms. The second-order valence-corrected chi connectivity index (χ2v) is 3.69. The standard InChI is InChI=1S/C12H18N2O4/c1-3-18-11-5-4-9(14-8(2)15)6-10(11)13-7-12(16)17/h4-6,12-13,16-17H,3,7H2,1-2H3,(H,14,15). The summed E-state index contributed by atoms with van der Waals surface area (Å²) in [6, 6.07) is 5.10. The van der Waals surface area contributed by atoms with Gasteiger partial charge in [-0.05, 0) is 25.1 Å². The fraction of sp³-hybridized carbons (Fsp3) is 0.417. The number of aliphatic hydroxyl groups is 2. The number of hydrogen-bond donors (Lipinski definition) is 4. The van der Waals surface area contributed by atoms with Gasteiger partial charge in [0, 0.05) is 12.6 Å². The van der Waals surface area contributed by atoms with Crippen molar-refractivity contribution in [1.82, 2.24) is 0 Å². The summed E-state index contributed by atoms with van der Waals surface area (Å²) in [4.78, 5) is 11.0. The van der Waals surface area contributed by atoms with E-state index in [1.165, 1.54) is 6.92 Å². The van der Waals surface area contributed by atoms with Crippen LogP contribution in [-0.2, 0) is 4.79 Å². The van der Waals surface area contributed by atoms with Gasteiger partial charge in [-0.2, -0.15) is 0 Å². The van der Waals surface area contributed by atoms with Crippen molar-refractivity contribution in [2.24, 2.45) is 0 Å². The number of hydrogen-bond acceptors (Lipinski definition) is 5. The predicted octanol–water partition coefficient (Wildman–Crippen LogP) is 0.766. The molecule has 4 N–H and O–H groups in total. The minimum Gasteiger partial charge on any atom is -0.492 e. The molecule has 0 aliphatic heterocycles. The van der Waals surface area contributed by atoms with Gasteiger partial charge >= 0.3 is 0 Å². The van der Waals surface area contributed by atoms with E-state index in [1.54, 1.807) is 18.2 Å². The minimum atomic E-state index is -1.45. The van der Waals surface area contributed by atoms with E-state index in [1.807, 2.05) is 6.92 Å². The topological polar surface area (TPSA) is 90.8 Å². The quantitative estimate of drug-likeness (QED) is 0.563. The van der Waals surface area contributed by atoms with Gasteiger partial charge in [-0.15, -0.1) is 0 Å². The summed E-state index contributed by atoms with van der Waals surface area (Å²) < 4.78 is 5.39. The zero-order valence-corrected chi connectivity index (χ0v) is 10.4. The van der Waals surface area contributed by atoms with Crippen LogP contribution >= 0.6 is 0 Å². The zero-order valence-electron chi connectivity index (χ0n) is 10.4. The van der Waals surface area contributed by atoms with E-state index in [0.717, 1.165) is 0 Å². The maximum Gasteiger partial charge on any atom is 0.221 e. The molecule has 0 saturated carbocycles. The Kier molecular flexibility index (Phi) is 5.41. The minimum absolute atomic E-state index is 0.0242. The van der Waals surface area contributed by atoms with Gasteiger partial charge < -0.3 is 25.6 Å². The van der Waals surface area contributed by atoms with Crippen molar-refractivity contribution in [3.63, 3.8) is 0 Å². The Balaban J connectivity index is 2.88. The Morgan fingerprint density at radius 3 is 2.72 bits per heavy atom. The normalized spacial score (nSPS) is 10.3. The first-order valence-corrected chi connectivity index (χ1v) is 5.67. The van der Waals surface area contributed by atoms with Crippen molar-refractivity contribution < 1.29 is 19.7 Å². The van der Waals surface area contributed by atoms with Crippen molar-refractivity contribution in [1.29, 1.82) is 0 Å². The van der Waals surface area contributed by atoms with Crippen LogP contribution in [0, 0.1) is 0 Å². The molecular weight excluding hydrogens is 236 g/mol. The van der Waals surface area contributed by atoms with Crippen molar-refractivity contribution >= 4 is 17.3 Å². The van der Waals surface area contributed by atoms with Crippen LogP contribution in [0.15, 0.2) is 18.2 Å². The first-order chi connectivity index (χ1) is 8.52. The Bertz CT molecular complexity index is 407. The van der Waals surface area contributed by atoms with E-state index >= 15 is 0 Å². The molecule has 1 aromatic carbocycles. The van der Waals surface area contributed by atoms with E-state index in [2.05, 4.69) is 10.6 Å². The molecule has 0 fully saturated rings. The highest BCUT2D eigenvalue weighted by atomic mass is 16.5. The lowest BCUT2D eigenvalue weighted by molar-refractivity contribution is -0.114. The molecule has 100 valence electrons. The van der Waals surface area contributed by atoms with E-state index in [9.17, 15) is 4.79 Å². The van der Waals surface area contributed by atoms with E-state index in [4.69, 9.17) is 14.9 Å². The summed E-state index contributed by atoms with van der Waals surface area (Å²) in [6.07, 6.45) is -1.45. The van der Waals surface area contributed by atoms with Crippen LogP contribution in [0.4, 0.5) is 11.4 Å². The van der Waals surface area contributed by atoms with E-state index in [0.29, 0.717) is 23.7 Å². The van der Waals surface area contributed by atoms with Crippen molar-refractivity contribution in [2.75, 3.05) is 23.8 Å². The molecule has 0 radical (unpaired) electrons. The first-order valence-electron chi connectivity index (χ1n) is 5.67. The second-order valence-electron chi connectivity index (χ2n) is 3.69. The number of carbonyl (C=O) groups excluding carboxylic acids is 1. The fourth-order valence-corrected chi connectivity index (χ4v) is 1.43. The average Bonchev–Trinajstić information content (AvgIpc) is 2.28. The number of carbonyl (C=O) groups is 1. The lowest BCUT2D eigenvalue weighted by Gasteiger charge is -2.14. The molecule has 0 aliphatic carbocycles. The van der Waals surface area contributed by atoms with Gasteiger partial charge in [0.25, 0.3) is 0 Å². The van der Waals surface area contributed by atoms with Crippen molar-refractivity contribution in [3.05, 3.63) is 18.2 Å². The molecule has 0 bridgehead atoms. The van der Waals surface area contributed by atoms with E-state index in [-0.39, 0.29) is 12.5 Å². The van der Waals surface area contributed by atoms with Crippen molar-refractivity contribution in [2.45, 2.75) is 20.1 Å². The van der Waals surface area contributed by atoms with Crippen LogP contribution in [0.25, 0.3) is 0 Å². The molecule has 1 amide bonds. The SMILES string of the molecule is CCOc1ccc(NC(C)=O)cc1NCC(O)O. The zero-order chi connectivity index (χ0) is 13.5. The third kappa shape index (κ3) is 4.60. The van der Waals surface area contributed by atoms with Crippen LogP contribution in [0.3, 0.4) is 0 Å². The highest BCUT2D eigenvalue weighted by Gasteiger charge is 2.07. The predicted molar refractivity (Wildman–Crippen MR) is 68.6 cm³/mol. The van der Waals surface area contributed by atoms with Gasteiger partial charge in [0.15, 0.2) is 6.29 Å². The second kappa shape index (κ2) is 6.83. The summed E-state index contributed by atoms with van der Waals surface area (Å²) in [6.45, 7) is 3.74. The van der Waals surface area contributed by atoms with Gasteiger partial charge in [-0.25, -0.2) is 0 Å². The number of ether oxygens (including phenoxy) is 1. The smallest absolute Gasteiger partial charge is 0.221 e. The maximum absolute atomic E-state index is 11.0. The molecule has 0 atom stereocenters. The summed E-state index contributed by atoms with van der Waals surface area (Å²) >= 11 is 0. The van der Waals surface area contributed by atoms with Gasteiger partial charge in [-0.3, -0.25) is 4.79 Å². The fourth-order valence-electron chi connectivity index (χ4n) is 1.43. The Morgan fingerprint density at radius 1 is 1.44 bits per heavy atom. The van der Waals surface area contributed by atoms with Crippen LogP contribution in [-0.4, -0.2) is 35.6 Å². The maximum atomic E-state index is 11.0. The van der Waals surface area contributed by atoms with E-state index < -0.39 is 6.29 Å². The highest BCUT2D eigenvalue weighted by molar-refractivity contribution is 5.89. The molecule has 0 unspecified atom stereocenters. The van der Waals surface area contributed by atoms with Gasteiger partial charge in [0.1, 0.15) is 5.75 Å².